The topological polar surface area (TPSA) is 89.4 Å². The fourth-order valence-electron chi connectivity index (χ4n) is 5.75. The van der Waals surface area contributed by atoms with Crippen molar-refractivity contribution in [3.8, 4) is 16.4 Å². The summed E-state index contributed by atoms with van der Waals surface area (Å²) in [5.74, 6) is -0.516. The van der Waals surface area contributed by atoms with E-state index in [-0.39, 0.29) is 18.3 Å². The molecule has 1 aliphatic rings. The number of nitrogens with one attached hydrogen (secondary N) is 1. The molecule has 0 atom stereocenters. The van der Waals surface area contributed by atoms with Gasteiger partial charge in [-0.25, -0.2) is 14.5 Å². The second-order valence-electron chi connectivity index (χ2n) is 11.1. The summed E-state index contributed by atoms with van der Waals surface area (Å²) in [4.78, 5) is 32.6. The van der Waals surface area contributed by atoms with Gasteiger partial charge in [-0.1, -0.05) is 25.1 Å². The maximum Gasteiger partial charge on any atom is 0.434 e. The first-order valence-electron chi connectivity index (χ1n) is 15.0. The lowest BCUT2D eigenvalue weighted by Crippen LogP contribution is -2.37. The molecule has 8 nitrogen and oxygen atoms in total. The number of aryl methyl sites for hydroxylation is 2. The first-order valence-corrected chi connectivity index (χ1v) is 15.8. The molecule has 0 spiro atoms. The Balaban J connectivity index is 1.35. The number of rotatable bonds is 9. The number of nitrogens with zero attached hydrogens (tertiary/aromatic N) is 4. The number of benzene rings is 1. The van der Waals surface area contributed by atoms with Gasteiger partial charge in [-0.05, 0) is 80.5 Å². The Labute approximate surface area is 264 Å². The van der Waals surface area contributed by atoms with Crippen LogP contribution in [0.15, 0.2) is 48.7 Å². The lowest BCUT2D eigenvalue weighted by molar-refractivity contribution is -0.143. The van der Waals surface area contributed by atoms with Gasteiger partial charge in [-0.3, -0.25) is 4.79 Å². The molecule has 0 radical (unpaired) electrons. The van der Waals surface area contributed by atoms with Crippen LogP contribution in [-0.2, 0) is 22.3 Å². The van der Waals surface area contributed by atoms with Crippen molar-refractivity contribution in [1.29, 1.82) is 0 Å². The van der Waals surface area contributed by atoms with Crippen LogP contribution in [0.1, 0.15) is 76.6 Å². The molecule has 0 saturated carbocycles. The monoisotopic (exact) mass is 639 g/mol. The molecule has 238 valence electrons. The van der Waals surface area contributed by atoms with E-state index in [1.165, 1.54) is 29.9 Å². The lowest BCUT2D eigenvalue weighted by Gasteiger charge is -2.32. The summed E-state index contributed by atoms with van der Waals surface area (Å²) in [5.41, 5.74) is 2.96. The zero-order valence-corrected chi connectivity index (χ0v) is 26.5. The molecular weight excluding hydrogens is 603 g/mol. The highest BCUT2D eigenvalue weighted by Gasteiger charge is 2.41. The molecule has 5 rings (SSSR count). The minimum Gasteiger partial charge on any atom is -0.462 e. The largest absolute Gasteiger partial charge is 0.462 e. The number of aromatic nitrogens is 3. The van der Waals surface area contributed by atoms with Crippen molar-refractivity contribution in [2.24, 2.45) is 0 Å². The Hall–Kier alpha value is -4.19. The number of likely N-dealkylation sites (tertiary alicyclic amines) is 1. The summed E-state index contributed by atoms with van der Waals surface area (Å²) in [6.07, 6.45) is -1.55. The van der Waals surface area contributed by atoms with Crippen LogP contribution in [0.5, 0.6) is 0 Å². The molecule has 1 aliphatic heterocycles. The van der Waals surface area contributed by atoms with Gasteiger partial charge in [-0.2, -0.15) is 18.3 Å². The van der Waals surface area contributed by atoms with E-state index in [1.54, 1.807) is 12.1 Å². The molecular formula is C33H36F3N5O3S. The number of thiophene rings is 1. The van der Waals surface area contributed by atoms with Crippen molar-refractivity contribution in [1.82, 2.24) is 19.7 Å². The van der Waals surface area contributed by atoms with Gasteiger partial charge in [0.1, 0.15) is 5.56 Å². The van der Waals surface area contributed by atoms with Crippen LogP contribution in [0.4, 0.5) is 18.9 Å². The molecule has 45 heavy (non-hydrogen) atoms. The van der Waals surface area contributed by atoms with Crippen LogP contribution >= 0.6 is 11.3 Å². The number of amides is 1. The highest BCUT2D eigenvalue weighted by atomic mass is 32.1. The summed E-state index contributed by atoms with van der Waals surface area (Å²) >= 11 is 1.51. The summed E-state index contributed by atoms with van der Waals surface area (Å²) < 4.78 is 47.7. The van der Waals surface area contributed by atoms with E-state index in [2.05, 4.69) is 40.5 Å². The van der Waals surface area contributed by atoms with Crippen molar-refractivity contribution in [2.45, 2.75) is 65.6 Å². The molecule has 0 bridgehead atoms. The third-order valence-corrected chi connectivity index (χ3v) is 9.11. The third-order valence-electron chi connectivity index (χ3n) is 7.99. The van der Waals surface area contributed by atoms with E-state index in [4.69, 9.17) is 4.74 Å². The van der Waals surface area contributed by atoms with E-state index >= 15 is 0 Å². The predicted octanol–water partition coefficient (Wildman–Crippen LogP) is 7.54. The van der Waals surface area contributed by atoms with E-state index in [9.17, 15) is 22.8 Å². The molecule has 0 aliphatic carbocycles. The average Bonchev–Trinajstić information content (AvgIpc) is 3.65. The Morgan fingerprint density at radius 2 is 1.84 bits per heavy atom. The van der Waals surface area contributed by atoms with Gasteiger partial charge < -0.3 is 15.0 Å². The molecule has 1 amide bonds. The van der Waals surface area contributed by atoms with Crippen molar-refractivity contribution in [2.75, 3.05) is 25.0 Å². The second-order valence-corrected chi connectivity index (χ2v) is 12.3. The van der Waals surface area contributed by atoms with Crippen LogP contribution in [0.25, 0.3) is 16.4 Å². The molecule has 1 saturated heterocycles. The fraction of sp³-hybridized carbons (Fsp3) is 0.394. The molecule has 1 fully saturated rings. The smallest absolute Gasteiger partial charge is 0.434 e. The van der Waals surface area contributed by atoms with Gasteiger partial charge in [0, 0.05) is 36.6 Å². The Morgan fingerprint density at radius 1 is 1.09 bits per heavy atom. The first-order chi connectivity index (χ1) is 21.5. The average molecular weight is 640 g/mol. The van der Waals surface area contributed by atoms with Crippen LogP contribution in [0.3, 0.4) is 0 Å². The number of hydrogen-bond acceptors (Lipinski definition) is 7. The standard InChI is InChI=1S/C33H36F3N5O3S/c1-5-29(42)40-14-12-22(13-15-40)23-10-11-26(20(3)16-23)37-18-24-17-21(4)45-30(24)27-8-7-9-28(39-27)41-31(33(34,35)36)25(19-38-41)32(43)44-6-2/h7-11,16-17,19,22,37H,5-6,12-15,18H2,1-4H3. The van der Waals surface area contributed by atoms with Gasteiger partial charge in [0.15, 0.2) is 11.5 Å². The van der Waals surface area contributed by atoms with E-state index in [0.29, 0.717) is 29.3 Å². The number of ether oxygens (including phenoxy) is 1. The van der Waals surface area contributed by atoms with Crippen LogP contribution in [0.2, 0.25) is 0 Å². The van der Waals surface area contributed by atoms with E-state index < -0.39 is 23.4 Å². The number of piperidine rings is 1. The van der Waals surface area contributed by atoms with Crippen LogP contribution in [-0.4, -0.2) is 51.2 Å². The highest BCUT2D eigenvalue weighted by molar-refractivity contribution is 7.15. The zero-order valence-electron chi connectivity index (χ0n) is 25.7. The third kappa shape index (κ3) is 7.06. The minimum absolute atomic E-state index is 0.0586. The van der Waals surface area contributed by atoms with Gasteiger partial charge >= 0.3 is 12.1 Å². The van der Waals surface area contributed by atoms with Crippen molar-refractivity contribution in [3.05, 3.63) is 81.5 Å². The summed E-state index contributed by atoms with van der Waals surface area (Å²) in [6.45, 7) is 9.47. The van der Waals surface area contributed by atoms with Crippen molar-refractivity contribution >= 4 is 28.9 Å². The Morgan fingerprint density at radius 3 is 2.51 bits per heavy atom. The normalized spacial score (nSPS) is 14.1. The predicted molar refractivity (Wildman–Crippen MR) is 168 cm³/mol. The van der Waals surface area contributed by atoms with E-state index in [1.807, 2.05) is 24.8 Å². The molecule has 1 aromatic carbocycles. The first kappa shape index (κ1) is 32.2. The Kier molecular flexibility index (Phi) is 9.62. The van der Waals surface area contributed by atoms with Crippen LogP contribution < -0.4 is 5.32 Å². The summed E-state index contributed by atoms with van der Waals surface area (Å²) in [7, 11) is 0. The zero-order chi connectivity index (χ0) is 32.3. The van der Waals surface area contributed by atoms with Gasteiger partial charge in [-0.15, -0.1) is 11.3 Å². The fourth-order valence-corrected chi connectivity index (χ4v) is 6.75. The minimum atomic E-state index is -4.86. The number of pyridine rings is 1. The highest BCUT2D eigenvalue weighted by Crippen LogP contribution is 2.36. The number of carbonyl (C=O) groups excluding carboxylic acids is 2. The lowest BCUT2D eigenvalue weighted by atomic mass is 9.88. The number of esters is 1. The summed E-state index contributed by atoms with van der Waals surface area (Å²) in [6, 6.07) is 13.3. The van der Waals surface area contributed by atoms with E-state index in [0.717, 1.165) is 58.7 Å². The number of hydrogen-bond donors (Lipinski definition) is 1. The SMILES string of the molecule is CCOC(=O)c1cnn(-c2cccc(-c3sc(C)cc3CNc3ccc(C4CCN(C(=O)CC)CC4)cc3C)n2)c1C(F)(F)F. The quantitative estimate of drug-likeness (QED) is 0.191. The second kappa shape index (κ2) is 13.4. The van der Waals surface area contributed by atoms with Crippen LogP contribution in [0, 0.1) is 13.8 Å². The molecule has 4 aromatic rings. The molecule has 1 N–H and O–H groups in total. The number of alkyl halides is 3. The maximum atomic E-state index is 14.1. The van der Waals surface area contributed by atoms with Gasteiger partial charge in [0.05, 0.1) is 23.4 Å². The number of halogens is 3. The number of anilines is 1. The Bertz CT molecular complexity index is 1690. The number of carbonyl (C=O) groups is 2. The summed E-state index contributed by atoms with van der Waals surface area (Å²) in [5, 5.41) is 7.39. The maximum absolute atomic E-state index is 14.1. The van der Waals surface area contributed by atoms with Crippen molar-refractivity contribution in [3.63, 3.8) is 0 Å². The van der Waals surface area contributed by atoms with Crippen molar-refractivity contribution < 1.29 is 27.5 Å². The molecule has 3 aromatic heterocycles. The molecule has 12 heteroatoms. The van der Waals surface area contributed by atoms with Gasteiger partial charge in [0.2, 0.25) is 5.91 Å². The molecule has 0 unspecified atom stereocenters. The molecule has 4 heterocycles. The van der Waals surface area contributed by atoms with Gasteiger partial charge in [0.25, 0.3) is 0 Å².